The second kappa shape index (κ2) is 9.79. The van der Waals surface area contributed by atoms with Crippen LogP contribution in [-0.2, 0) is 21.4 Å². The third kappa shape index (κ3) is 4.81. The topological polar surface area (TPSA) is 86.4 Å². The molecule has 0 atom stereocenters. The van der Waals surface area contributed by atoms with E-state index in [-0.39, 0.29) is 28.9 Å². The quantitative estimate of drug-likeness (QED) is 0.500. The van der Waals surface area contributed by atoms with Gasteiger partial charge >= 0.3 is 0 Å². The largest absolute Gasteiger partial charge is 0.346 e. The first-order valence-electron chi connectivity index (χ1n) is 10.6. The van der Waals surface area contributed by atoms with Gasteiger partial charge in [0.15, 0.2) is 0 Å². The normalized spacial score (nSPS) is 15.2. The van der Waals surface area contributed by atoms with Gasteiger partial charge in [-0.1, -0.05) is 41.9 Å². The lowest BCUT2D eigenvalue weighted by Gasteiger charge is -2.33. The molecule has 0 unspecified atom stereocenters. The first kappa shape index (κ1) is 23.1. The van der Waals surface area contributed by atoms with Gasteiger partial charge in [0.25, 0.3) is 0 Å². The summed E-state index contributed by atoms with van der Waals surface area (Å²) in [7, 11) is -3.71. The Kier molecular flexibility index (Phi) is 6.84. The highest BCUT2D eigenvalue weighted by molar-refractivity contribution is 7.89. The Hall–Kier alpha value is -3.12. The fourth-order valence-electron chi connectivity index (χ4n) is 3.97. The Morgan fingerprint density at radius 2 is 1.76 bits per heavy atom. The summed E-state index contributed by atoms with van der Waals surface area (Å²) in [4.78, 5) is 14.5. The fraction of sp³-hybridized carbons (Fsp3) is 0.250. The molecule has 1 aromatic heterocycles. The van der Waals surface area contributed by atoms with Crippen molar-refractivity contribution in [2.45, 2.75) is 17.9 Å². The highest BCUT2D eigenvalue weighted by Gasteiger charge is 2.30. The van der Waals surface area contributed by atoms with Crippen molar-refractivity contribution in [2.75, 3.05) is 26.2 Å². The van der Waals surface area contributed by atoms with Gasteiger partial charge in [-0.3, -0.25) is 4.79 Å². The molecule has 0 spiro atoms. The third-order valence-corrected chi connectivity index (χ3v) is 8.09. The minimum absolute atomic E-state index is 0.0825. The maximum Gasteiger partial charge on any atom is 0.246 e. The molecule has 170 valence electrons. The molecule has 9 heteroatoms. The smallest absolute Gasteiger partial charge is 0.246 e. The van der Waals surface area contributed by atoms with Gasteiger partial charge < -0.3 is 9.47 Å². The SMILES string of the molecule is N#CCCn1cc(C=CC(=O)N2CCN(S(=O)(=O)c3ccccc3Cl)CC2)c2ccccc21. The van der Waals surface area contributed by atoms with Crippen LogP contribution >= 0.6 is 11.6 Å². The van der Waals surface area contributed by atoms with Crippen molar-refractivity contribution in [1.29, 1.82) is 5.26 Å². The molecule has 7 nitrogen and oxygen atoms in total. The number of sulfonamides is 1. The predicted octanol–water partition coefficient (Wildman–Crippen LogP) is 3.75. The number of para-hydroxylation sites is 1. The van der Waals surface area contributed by atoms with E-state index < -0.39 is 10.0 Å². The Bertz CT molecular complexity index is 1350. The summed E-state index contributed by atoms with van der Waals surface area (Å²) in [5, 5.41) is 10.1. The van der Waals surface area contributed by atoms with Gasteiger partial charge in [0, 0.05) is 61.5 Å². The van der Waals surface area contributed by atoms with E-state index >= 15 is 0 Å². The lowest BCUT2D eigenvalue weighted by atomic mass is 10.1. The highest BCUT2D eigenvalue weighted by atomic mass is 35.5. The first-order chi connectivity index (χ1) is 15.9. The van der Waals surface area contributed by atoms with Crippen molar-refractivity contribution in [3.8, 4) is 6.07 Å². The molecular weight excluding hydrogens is 460 g/mol. The van der Waals surface area contributed by atoms with Crippen LogP contribution in [-0.4, -0.2) is 54.3 Å². The number of hydrogen-bond acceptors (Lipinski definition) is 4. The van der Waals surface area contributed by atoms with Crippen LogP contribution in [0, 0.1) is 11.3 Å². The average Bonchev–Trinajstić information content (AvgIpc) is 3.19. The summed E-state index contributed by atoms with van der Waals surface area (Å²) >= 11 is 6.08. The van der Waals surface area contributed by atoms with Crippen LogP contribution in [0.2, 0.25) is 5.02 Å². The van der Waals surface area contributed by atoms with Crippen LogP contribution in [0.4, 0.5) is 0 Å². The van der Waals surface area contributed by atoms with Gasteiger partial charge in [-0.05, 0) is 24.3 Å². The molecule has 1 amide bonds. The van der Waals surface area contributed by atoms with E-state index in [0.29, 0.717) is 26.1 Å². The van der Waals surface area contributed by atoms with E-state index in [1.807, 2.05) is 35.0 Å². The number of aromatic nitrogens is 1. The number of carbonyl (C=O) groups is 1. The zero-order valence-corrected chi connectivity index (χ0v) is 19.5. The van der Waals surface area contributed by atoms with E-state index in [0.717, 1.165) is 16.5 Å². The minimum Gasteiger partial charge on any atom is -0.346 e. The van der Waals surface area contributed by atoms with E-state index in [2.05, 4.69) is 6.07 Å². The van der Waals surface area contributed by atoms with Crippen LogP contribution < -0.4 is 0 Å². The van der Waals surface area contributed by atoms with Gasteiger partial charge in [0.1, 0.15) is 4.90 Å². The van der Waals surface area contributed by atoms with Crippen LogP contribution in [0.1, 0.15) is 12.0 Å². The number of fused-ring (bicyclic) bond motifs is 1. The second-order valence-corrected chi connectivity index (χ2v) is 10.0. The van der Waals surface area contributed by atoms with E-state index in [1.165, 1.54) is 16.4 Å². The Labute approximate surface area is 198 Å². The molecule has 0 radical (unpaired) electrons. The number of hydrogen-bond donors (Lipinski definition) is 0. The Morgan fingerprint density at radius 3 is 2.48 bits per heavy atom. The van der Waals surface area contributed by atoms with Crippen molar-refractivity contribution < 1.29 is 13.2 Å². The number of benzene rings is 2. The standard InChI is InChI=1S/C24H23ClN4O3S/c25-21-7-2-4-9-23(21)33(31,32)29-16-14-27(15-17-29)24(30)11-10-19-18-28(13-5-12-26)22-8-3-1-6-20(19)22/h1-4,6-11,18H,5,13-17H2. The fourth-order valence-corrected chi connectivity index (χ4v) is 5.89. The number of rotatable bonds is 6. The number of nitriles is 1. The molecule has 4 rings (SSSR count). The van der Waals surface area contributed by atoms with Crippen molar-refractivity contribution in [1.82, 2.24) is 13.8 Å². The molecular formula is C24H23ClN4O3S. The number of piperazine rings is 1. The lowest BCUT2D eigenvalue weighted by Crippen LogP contribution is -2.50. The minimum atomic E-state index is -3.71. The molecule has 1 aliphatic rings. The maximum atomic E-state index is 12.9. The first-order valence-corrected chi connectivity index (χ1v) is 12.4. The van der Waals surface area contributed by atoms with Crippen molar-refractivity contribution >= 4 is 44.5 Å². The predicted molar refractivity (Wildman–Crippen MR) is 128 cm³/mol. The Balaban J connectivity index is 1.44. The average molecular weight is 483 g/mol. The number of halogens is 1. The molecule has 1 fully saturated rings. The molecule has 1 saturated heterocycles. The third-order valence-electron chi connectivity index (χ3n) is 5.69. The number of nitrogens with zero attached hydrogens (tertiary/aromatic N) is 4. The molecule has 3 aromatic rings. The molecule has 0 N–H and O–H groups in total. The van der Waals surface area contributed by atoms with Gasteiger partial charge in [0.05, 0.1) is 17.5 Å². The van der Waals surface area contributed by atoms with Crippen molar-refractivity contribution in [3.63, 3.8) is 0 Å². The maximum absolute atomic E-state index is 12.9. The summed E-state index contributed by atoms with van der Waals surface area (Å²) < 4.78 is 29.2. The number of aryl methyl sites for hydroxylation is 1. The molecule has 1 aliphatic heterocycles. The number of carbonyl (C=O) groups excluding carboxylic acids is 1. The summed E-state index contributed by atoms with van der Waals surface area (Å²) in [6.07, 6.45) is 5.65. The number of amides is 1. The summed E-state index contributed by atoms with van der Waals surface area (Å²) in [5.41, 5.74) is 1.91. The van der Waals surface area contributed by atoms with Crippen LogP contribution in [0.5, 0.6) is 0 Å². The summed E-state index contributed by atoms with van der Waals surface area (Å²) in [5.74, 6) is -0.168. The summed E-state index contributed by atoms with van der Waals surface area (Å²) in [6.45, 7) is 1.61. The van der Waals surface area contributed by atoms with E-state index in [9.17, 15) is 13.2 Å². The van der Waals surface area contributed by atoms with Gasteiger partial charge in [-0.2, -0.15) is 9.57 Å². The molecule has 0 saturated carbocycles. The van der Waals surface area contributed by atoms with Gasteiger partial charge in [0.2, 0.25) is 15.9 Å². The van der Waals surface area contributed by atoms with E-state index in [1.54, 1.807) is 29.2 Å². The molecule has 0 aliphatic carbocycles. The van der Waals surface area contributed by atoms with Crippen molar-refractivity contribution in [3.05, 3.63) is 71.4 Å². The monoisotopic (exact) mass is 482 g/mol. The zero-order chi connectivity index (χ0) is 23.4. The van der Waals surface area contributed by atoms with Crippen LogP contribution in [0.15, 0.2) is 65.7 Å². The molecule has 2 aromatic carbocycles. The lowest BCUT2D eigenvalue weighted by molar-refractivity contribution is -0.127. The van der Waals surface area contributed by atoms with Crippen molar-refractivity contribution in [2.24, 2.45) is 0 Å². The van der Waals surface area contributed by atoms with Crippen LogP contribution in [0.25, 0.3) is 17.0 Å². The van der Waals surface area contributed by atoms with E-state index in [4.69, 9.17) is 16.9 Å². The highest BCUT2D eigenvalue weighted by Crippen LogP contribution is 2.26. The Morgan fingerprint density at radius 1 is 1.06 bits per heavy atom. The van der Waals surface area contributed by atoms with Gasteiger partial charge in [-0.25, -0.2) is 8.42 Å². The van der Waals surface area contributed by atoms with Crippen LogP contribution in [0.3, 0.4) is 0 Å². The summed E-state index contributed by atoms with van der Waals surface area (Å²) in [6, 6.07) is 16.4. The second-order valence-electron chi connectivity index (χ2n) is 7.70. The molecule has 2 heterocycles. The zero-order valence-electron chi connectivity index (χ0n) is 17.9. The molecule has 0 bridgehead atoms. The molecule has 33 heavy (non-hydrogen) atoms. The van der Waals surface area contributed by atoms with Gasteiger partial charge in [-0.15, -0.1) is 0 Å².